The van der Waals surface area contributed by atoms with Gasteiger partial charge in [0.05, 0.1) is 11.5 Å². The van der Waals surface area contributed by atoms with Crippen molar-refractivity contribution in [1.82, 2.24) is 5.43 Å². The van der Waals surface area contributed by atoms with E-state index in [0.29, 0.717) is 10.8 Å². The second kappa shape index (κ2) is 9.72. The zero-order valence-corrected chi connectivity index (χ0v) is 15.1. The molecule has 0 aliphatic rings. The third kappa shape index (κ3) is 6.49. The first kappa shape index (κ1) is 18.8. The number of carbonyl (C=O) groups excluding carboxylic acids is 1. The molecular weight excluding hydrogens is 358 g/mol. The van der Waals surface area contributed by atoms with E-state index in [9.17, 15) is 4.79 Å². The van der Waals surface area contributed by atoms with Gasteiger partial charge in [0, 0.05) is 9.92 Å². The second-order valence-corrected chi connectivity index (χ2v) is 6.81. The lowest BCUT2D eigenvalue weighted by Crippen LogP contribution is -2.26. The smallest absolute Gasteiger partial charge is 0.253 e. The van der Waals surface area contributed by atoms with Crippen LogP contribution in [-0.4, -0.2) is 24.0 Å². The van der Waals surface area contributed by atoms with Crippen LogP contribution in [0.1, 0.15) is 12.5 Å². The van der Waals surface area contributed by atoms with E-state index >= 15 is 0 Å². The molecule has 2 aromatic carbocycles. The minimum atomic E-state index is -0.292. The molecule has 0 spiro atoms. The summed E-state index contributed by atoms with van der Waals surface area (Å²) in [5.74, 6) is 0.417. The van der Waals surface area contributed by atoms with Gasteiger partial charge in [-0.2, -0.15) is 10.4 Å². The van der Waals surface area contributed by atoms with E-state index in [2.05, 4.69) is 10.5 Å². The Morgan fingerprint density at radius 3 is 2.64 bits per heavy atom. The molecule has 2 aromatic rings. The summed E-state index contributed by atoms with van der Waals surface area (Å²) < 4.78 is 5.16. The predicted octanol–water partition coefficient (Wildman–Crippen LogP) is 3.87. The van der Waals surface area contributed by atoms with Crippen LogP contribution < -0.4 is 10.2 Å². The normalized spacial score (nSPS) is 11.7. The topological polar surface area (TPSA) is 74.5 Å². The molecule has 7 heteroatoms. The Morgan fingerprint density at radius 2 is 2.00 bits per heavy atom. The van der Waals surface area contributed by atoms with Crippen LogP contribution in [-0.2, 0) is 4.79 Å². The Kier molecular flexibility index (Phi) is 7.33. The van der Waals surface area contributed by atoms with E-state index < -0.39 is 0 Å². The molecule has 0 aliphatic carbocycles. The van der Waals surface area contributed by atoms with Crippen LogP contribution >= 0.6 is 23.4 Å². The number of hydrogen-bond acceptors (Lipinski definition) is 5. The molecule has 0 radical (unpaired) electrons. The van der Waals surface area contributed by atoms with E-state index in [4.69, 9.17) is 21.6 Å². The first-order valence-corrected chi connectivity index (χ1v) is 8.69. The third-order valence-corrected chi connectivity index (χ3v) is 4.43. The van der Waals surface area contributed by atoms with Gasteiger partial charge in [-0.05, 0) is 61.0 Å². The van der Waals surface area contributed by atoms with E-state index in [0.717, 1.165) is 10.5 Å². The highest BCUT2D eigenvalue weighted by Gasteiger charge is 2.13. The zero-order chi connectivity index (χ0) is 18.1. The summed E-state index contributed by atoms with van der Waals surface area (Å²) in [5.41, 5.74) is 3.33. The van der Waals surface area contributed by atoms with Gasteiger partial charge < -0.3 is 4.74 Å². The number of hydrogen-bond donors (Lipinski definition) is 1. The number of amides is 1. The summed E-state index contributed by atoms with van der Waals surface area (Å²) in [6.45, 7) is 1.82. The highest BCUT2D eigenvalue weighted by Crippen LogP contribution is 2.24. The number of carbonyl (C=O) groups is 1. The average molecular weight is 374 g/mol. The van der Waals surface area contributed by atoms with Gasteiger partial charge in [-0.3, -0.25) is 4.79 Å². The highest BCUT2D eigenvalue weighted by molar-refractivity contribution is 8.00. The minimum Gasteiger partial charge on any atom is -0.479 e. The molecule has 0 saturated carbocycles. The predicted molar refractivity (Wildman–Crippen MR) is 100 cm³/mol. The molecule has 0 aromatic heterocycles. The summed E-state index contributed by atoms with van der Waals surface area (Å²) >= 11 is 7.27. The number of thioether (sulfide) groups is 1. The summed E-state index contributed by atoms with van der Waals surface area (Å²) in [7, 11) is 0. The molecule has 2 rings (SSSR count). The van der Waals surface area contributed by atoms with Crippen LogP contribution in [0, 0.1) is 11.3 Å². The molecule has 0 bridgehead atoms. The monoisotopic (exact) mass is 373 g/mol. The van der Waals surface area contributed by atoms with Crippen molar-refractivity contribution in [2.24, 2.45) is 5.10 Å². The van der Waals surface area contributed by atoms with Crippen molar-refractivity contribution in [3.8, 4) is 11.8 Å². The average Bonchev–Trinajstić information content (AvgIpc) is 2.62. The number of hydrazone groups is 1. The summed E-state index contributed by atoms with van der Waals surface area (Å²) in [4.78, 5) is 13.0. The van der Waals surface area contributed by atoms with Crippen molar-refractivity contribution in [3.63, 3.8) is 0 Å². The van der Waals surface area contributed by atoms with Crippen LogP contribution in [0.5, 0.6) is 5.75 Å². The Bertz CT molecular complexity index is 770. The molecule has 1 amide bonds. The SMILES string of the molecule is C[C@H](Sc1ccc(Cl)cc1)C(=O)N/N=C\c1ccc(OCC#N)cc1. The molecule has 128 valence electrons. The Morgan fingerprint density at radius 1 is 1.32 bits per heavy atom. The number of halogens is 1. The van der Waals surface area contributed by atoms with Crippen molar-refractivity contribution in [3.05, 3.63) is 59.1 Å². The van der Waals surface area contributed by atoms with E-state index in [-0.39, 0.29) is 17.8 Å². The molecule has 0 fully saturated rings. The largest absolute Gasteiger partial charge is 0.479 e. The number of ether oxygens (including phenoxy) is 1. The lowest BCUT2D eigenvalue weighted by molar-refractivity contribution is -0.120. The Hall–Kier alpha value is -2.49. The van der Waals surface area contributed by atoms with Gasteiger partial charge >= 0.3 is 0 Å². The van der Waals surface area contributed by atoms with Crippen molar-refractivity contribution in [2.75, 3.05) is 6.61 Å². The van der Waals surface area contributed by atoms with Crippen molar-refractivity contribution in [2.45, 2.75) is 17.1 Å². The molecule has 25 heavy (non-hydrogen) atoms. The summed E-state index contributed by atoms with van der Waals surface area (Å²) in [6.07, 6.45) is 1.55. The first-order chi connectivity index (χ1) is 12.1. The van der Waals surface area contributed by atoms with Crippen molar-refractivity contribution < 1.29 is 9.53 Å². The lowest BCUT2D eigenvalue weighted by Gasteiger charge is -2.09. The minimum absolute atomic E-state index is 0.00662. The third-order valence-electron chi connectivity index (χ3n) is 3.07. The van der Waals surface area contributed by atoms with E-state index in [1.54, 1.807) is 42.6 Å². The molecule has 1 atom stereocenters. The number of nitrogens with zero attached hydrogens (tertiary/aromatic N) is 2. The number of nitriles is 1. The van der Waals surface area contributed by atoms with Crippen molar-refractivity contribution >= 4 is 35.5 Å². The van der Waals surface area contributed by atoms with Gasteiger partial charge in [-0.25, -0.2) is 5.43 Å². The molecular formula is C18H16ClN3O2S. The van der Waals surface area contributed by atoms with Crippen LogP contribution in [0.4, 0.5) is 0 Å². The van der Waals surface area contributed by atoms with Gasteiger partial charge in [0.15, 0.2) is 6.61 Å². The maximum atomic E-state index is 12.1. The van der Waals surface area contributed by atoms with Crippen LogP contribution in [0.3, 0.4) is 0 Å². The zero-order valence-electron chi connectivity index (χ0n) is 13.5. The van der Waals surface area contributed by atoms with Crippen LogP contribution in [0.25, 0.3) is 0 Å². The first-order valence-electron chi connectivity index (χ1n) is 7.43. The molecule has 0 heterocycles. The quantitative estimate of drug-likeness (QED) is 0.454. The molecule has 1 N–H and O–H groups in total. The highest BCUT2D eigenvalue weighted by atomic mass is 35.5. The molecule has 0 aliphatic heterocycles. The van der Waals surface area contributed by atoms with E-state index in [1.165, 1.54) is 11.8 Å². The second-order valence-electron chi connectivity index (χ2n) is 4.96. The standard InChI is InChI=1S/C18H16ClN3O2S/c1-13(25-17-8-4-15(19)5-9-17)18(23)22-21-12-14-2-6-16(7-3-14)24-11-10-20/h2-9,12-13H,11H2,1H3,(H,22,23)/b21-12-/t13-/m0/s1. The van der Waals surface area contributed by atoms with E-state index in [1.807, 2.05) is 25.1 Å². The van der Waals surface area contributed by atoms with Gasteiger partial charge in [0.25, 0.3) is 5.91 Å². The van der Waals surface area contributed by atoms with Crippen molar-refractivity contribution in [1.29, 1.82) is 5.26 Å². The number of benzene rings is 2. The van der Waals surface area contributed by atoms with Gasteiger partial charge in [0.2, 0.25) is 0 Å². The lowest BCUT2D eigenvalue weighted by atomic mass is 10.2. The van der Waals surface area contributed by atoms with Crippen LogP contribution in [0.2, 0.25) is 5.02 Å². The Balaban J connectivity index is 1.82. The summed E-state index contributed by atoms with van der Waals surface area (Å²) in [5, 5.41) is 12.8. The molecule has 0 saturated heterocycles. The van der Waals surface area contributed by atoms with Crippen LogP contribution in [0.15, 0.2) is 58.5 Å². The Labute approximate surface area is 155 Å². The van der Waals surface area contributed by atoms with Gasteiger partial charge in [0.1, 0.15) is 11.8 Å². The maximum absolute atomic E-state index is 12.1. The molecule has 0 unspecified atom stereocenters. The summed E-state index contributed by atoms with van der Waals surface area (Å²) in [6, 6.07) is 16.3. The number of nitrogens with one attached hydrogen (secondary N) is 1. The fourth-order valence-electron chi connectivity index (χ4n) is 1.80. The fraction of sp³-hybridized carbons (Fsp3) is 0.167. The van der Waals surface area contributed by atoms with Gasteiger partial charge in [-0.15, -0.1) is 11.8 Å². The fourth-order valence-corrected chi connectivity index (χ4v) is 2.79. The molecule has 5 nitrogen and oxygen atoms in total. The number of rotatable bonds is 7. The van der Waals surface area contributed by atoms with Gasteiger partial charge in [-0.1, -0.05) is 11.6 Å². The maximum Gasteiger partial charge on any atom is 0.253 e.